The van der Waals surface area contributed by atoms with Crippen molar-refractivity contribution >= 4 is 57.3 Å². The largest absolute Gasteiger partial charge is 0.378 e. The SMILES string of the molecule is CCC/C=C/c1cc2nc3ccc(N(C)C)cc3sc-2cc1=[N+](C)C.I. The lowest BCUT2D eigenvalue weighted by Crippen LogP contribution is -2.24. The average molecular weight is 480 g/mol. The van der Waals surface area contributed by atoms with Crippen LogP contribution in [0, 0.1) is 0 Å². The van der Waals surface area contributed by atoms with Gasteiger partial charge in [0.05, 0.1) is 20.8 Å². The van der Waals surface area contributed by atoms with Crippen molar-refractivity contribution < 1.29 is 0 Å². The maximum atomic E-state index is 4.91. The number of unbranched alkanes of at least 4 members (excludes halogenated alkanes) is 1. The zero-order chi connectivity index (χ0) is 18.0. The van der Waals surface area contributed by atoms with E-state index in [4.69, 9.17) is 4.98 Å². The molecular formula is C21H27IN3S+. The van der Waals surface area contributed by atoms with Crippen LogP contribution in [0.25, 0.3) is 26.9 Å². The molecule has 0 atom stereocenters. The molecule has 0 unspecified atom stereocenters. The second-order valence-corrected chi connectivity index (χ2v) is 7.81. The summed E-state index contributed by atoms with van der Waals surface area (Å²) < 4.78 is 3.40. The predicted octanol–water partition coefficient (Wildman–Crippen LogP) is 4.93. The smallest absolute Gasteiger partial charge is 0.208 e. The van der Waals surface area contributed by atoms with Crippen molar-refractivity contribution in [2.45, 2.75) is 19.8 Å². The normalized spacial score (nSPS) is 11.1. The molecule has 1 heterocycles. The van der Waals surface area contributed by atoms with E-state index in [9.17, 15) is 0 Å². The molecule has 5 heteroatoms. The van der Waals surface area contributed by atoms with Crippen LogP contribution in [0.5, 0.6) is 0 Å². The summed E-state index contributed by atoms with van der Waals surface area (Å²) in [6, 6.07) is 10.9. The number of rotatable bonds is 4. The zero-order valence-corrected chi connectivity index (χ0v) is 19.3. The van der Waals surface area contributed by atoms with Crippen molar-refractivity contribution in [1.82, 2.24) is 9.56 Å². The molecule has 0 bridgehead atoms. The summed E-state index contributed by atoms with van der Waals surface area (Å²) in [5, 5.41) is 1.24. The van der Waals surface area contributed by atoms with E-state index in [1.165, 1.54) is 32.6 Å². The molecule has 138 valence electrons. The Labute approximate surface area is 177 Å². The van der Waals surface area contributed by atoms with E-state index in [1.807, 2.05) is 11.3 Å². The van der Waals surface area contributed by atoms with Gasteiger partial charge in [0, 0.05) is 31.4 Å². The van der Waals surface area contributed by atoms with Crippen LogP contribution in [0.4, 0.5) is 5.69 Å². The van der Waals surface area contributed by atoms with Crippen molar-refractivity contribution in [3.05, 3.63) is 47.3 Å². The Morgan fingerprint density at radius 3 is 2.58 bits per heavy atom. The first kappa shape index (κ1) is 20.8. The molecule has 3 nitrogen and oxygen atoms in total. The fraction of sp³-hybridized carbons (Fsp3) is 0.333. The Kier molecular flexibility index (Phi) is 7.17. The number of allylic oxidation sites excluding steroid dienone is 1. The molecule has 0 fully saturated rings. The molecule has 0 saturated heterocycles. The lowest BCUT2D eigenvalue weighted by atomic mass is 10.1. The summed E-state index contributed by atoms with van der Waals surface area (Å²) in [5.41, 5.74) is 4.56. The Balaban J connectivity index is 0.00000243. The molecule has 1 aliphatic carbocycles. The van der Waals surface area contributed by atoms with Crippen LogP contribution in [0.1, 0.15) is 25.3 Å². The Morgan fingerprint density at radius 1 is 1.15 bits per heavy atom. The fourth-order valence-corrected chi connectivity index (χ4v) is 3.86. The lowest BCUT2D eigenvalue weighted by molar-refractivity contribution is 0.811. The molecule has 1 aromatic carbocycles. The maximum absolute atomic E-state index is 4.91. The third kappa shape index (κ3) is 4.43. The number of benzene rings is 2. The standard InChI is InChI=1S/C21H26N3S.HI/c1-6-7-8-9-15-12-18-21(14-19(15)24(4)5)25-20-13-16(23(2)3)10-11-17(20)22-18;/h8-14H,6-7H2,1-5H3;1H/q+1;/b9-8+;. The molecule has 0 radical (unpaired) electrons. The van der Waals surface area contributed by atoms with Crippen molar-refractivity contribution in [1.29, 1.82) is 0 Å². The highest BCUT2D eigenvalue weighted by molar-refractivity contribution is 14.0. The average Bonchev–Trinajstić information content (AvgIpc) is 2.58. The summed E-state index contributed by atoms with van der Waals surface area (Å²) in [6.07, 6.45) is 6.75. The van der Waals surface area contributed by atoms with Gasteiger partial charge in [-0.2, -0.15) is 0 Å². The van der Waals surface area contributed by atoms with Crippen molar-refractivity contribution in [3.8, 4) is 10.6 Å². The second kappa shape index (κ2) is 8.95. The number of fused-ring (bicyclic) bond motifs is 2. The summed E-state index contributed by atoms with van der Waals surface area (Å²) in [6.45, 7) is 2.20. The van der Waals surface area contributed by atoms with Crippen LogP contribution in [-0.2, 0) is 0 Å². The van der Waals surface area contributed by atoms with Crippen LogP contribution in [0.3, 0.4) is 0 Å². The quantitative estimate of drug-likeness (QED) is 0.300. The molecule has 0 aromatic heterocycles. The number of hydrogen-bond donors (Lipinski definition) is 0. The van der Waals surface area contributed by atoms with Gasteiger partial charge in [0.1, 0.15) is 14.1 Å². The Hall–Kier alpha value is -1.47. The van der Waals surface area contributed by atoms with Crippen LogP contribution < -0.4 is 14.8 Å². The second-order valence-electron chi connectivity index (χ2n) is 6.72. The molecule has 0 amide bonds. The van der Waals surface area contributed by atoms with E-state index in [0.717, 1.165) is 17.6 Å². The summed E-state index contributed by atoms with van der Waals surface area (Å²) >= 11 is 1.81. The van der Waals surface area contributed by atoms with Crippen LogP contribution in [0.15, 0.2) is 36.4 Å². The van der Waals surface area contributed by atoms with Gasteiger partial charge in [-0.3, -0.25) is 0 Å². The summed E-state index contributed by atoms with van der Waals surface area (Å²) in [7, 11) is 8.34. The van der Waals surface area contributed by atoms with E-state index >= 15 is 0 Å². The Morgan fingerprint density at radius 2 is 1.92 bits per heavy atom. The van der Waals surface area contributed by atoms with E-state index in [2.05, 4.69) is 87.1 Å². The molecule has 0 spiro atoms. The number of hydrogen-bond acceptors (Lipinski definition) is 3. The number of aromatic nitrogens is 1. The van der Waals surface area contributed by atoms with Gasteiger partial charge in [-0.25, -0.2) is 9.56 Å². The third-order valence-electron chi connectivity index (χ3n) is 4.26. The van der Waals surface area contributed by atoms with Crippen LogP contribution in [0.2, 0.25) is 0 Å². The van der Waals surface area contributed by atoms with Gasteiger partial charge < -0.3 is 4.90 Å². The van der Waals surface area contributed by atoms with Gasteiger partial charge >= 0.3 is 0 Å². The zero-order valence-electron chi connectivity index (χ0n) is 16.1. The molecule has 1 aliphatic heterocycles. The molecule has 3 rings (SSSR count). The summed E-state index contributed by atoms with van der Waals surface area (Å²) in [4.78, 5) is 8.26. The van der Waals surface area contributed by atoms with E-state index < -0.39 is 0 Å². The van der Waals surface area contributed by atoms with Gasteiger partial charge in [0.25, 0.3) is 0 Å². The van der Waals surface area contributed by atoms with E-state index in [-0.39, 0.29) is 24.0 Å². The summed E-state index contributed by atoms with van der Waals surface area (Å²) in [5.74, 6) is 0. The van der Waals surface area contributed by atoms with Gasteiger partial charge in [-0.05, 0) is 30.7 Å². The van der Waals surface area contributed by atoms with Crippen molar-refractivity contribution in [2.24, 2.45) is 0 Å². The van der Waals surface area contributed by atoms with E-state index in [1.54, 1.807) is 0 Å². The number of anilines is 1. The predicted molar refractivity (Wildman–Crippen MR) is 127 cm³/mol. The minimum Gasteiger partial charge on any atom is -0.378 e. The maximum Gasteiger partial charge on any atom is 0.208 e. The number of halogens is 1. The molecule has 2 aliphatic rings. The van der Waals surface area contributed by atoms with Crippen LogP contribution in [-0.4, -0.2) is 33.2 Å². The minimum atomic E-state index is 0. The monoisotopic (exact) mass is 480 g/mol. The first-order valence-corrected chi connectivity index (χ1v) is 9.54. The lowest BCUT2D eigenvalue weighted by Gasteiger charge is -2.13. The van der Waals surface area contributed by atoms with Gasteiger partial charge in [-0.15, -0.1) is 35.3 Å². The molecule has 0 N–H and O–H groups in total. The van der Waals surface area contributed by atoms with Crippen molar-refractivity contribution in [3.63, 3.8) is 0 Å². The van der Waals surface area contributed by atoms with Gasteiger partial charge in [-0.1, -0.05) is 25.5 Å². The highest BCUT2D eigenvalue weighted by Gasteiger charge is 2.13. The molecule has 0 saturated carbocycles. The van der Waals surface area contributed by atoms with Gasteiger partial charge in [0.2, 0.25) is 5.36 Å². The fourth-order valence-electron chi connectivity index (χ4n) is 2.84. The number of nitrogens with zero attached hydrogens (tertiary/aromatic N) is 3. The van der Waals surface area contributed by atoms with E-state index in [0.29, 0.717) is 0 Å². The van der Waals surface area contributed by atoms with Crippen molar-refractivity contribution in [2.75, 3.05) is 33.1 Å². The molecule has 26 heavy (non-hydrogen) atoms. The molecular weight excluding hydrogens is 453 g/mol. The topological polar surface area (TPSA) is 19.1 Å². The van der Waals surface area contributed by atoms with Crippen LogP contribution >= 0.6 is 35.3 Å². The van der Waals surface area contributed by atoms with Gasteiger partial charge in [0.15, 0.2) is 0 Å². The highest BCUT2D eigenvalue weighted by atomic mass is 127. The first-order chi connectivity index (χ1) is 12.0. The highest BCUT2D eigenvalue weighted by Crippen LogP contribution is 2.32. The minimum absolute atomic E-state index is 0. The Bertz CT molecular complexity index is 969. The third-order valence-corrected chi connectivity index (χ3v) is 5.36. The first-order valence-electron chi connectivity index (χ1n) is 8.72. The molecule has 1 aromatic rings.